The van der Waals surface area contributed by atoms with Crippen LogP contribution in [0.25, 0.3) is 0 Å². The Morgan fingerprint density at radius 1 is 0.871 bits per heavy atom. The van der Waals surface area contributed by atoms with E-state index in [0.717, 1.165) is 18.6 Å². The van der Waals surface area contributed by atoms with E-state index in [2.05, 4.69) is 4.18 Å². The van der Waals surface area contributed by atoms with Crippen LogP contribution in [0.5, 0.6) is 5.75 Å². The lowest BCUT2D eigenvalue weighted by Crippen LogP contribution is -2.61. The maximum atomic E-state index is 13.8. The van der Waals surface area contributed by atoms with Gasteiger partial charge in [0, 0.05) is 0 Å². The van der Waals surface area contributed by atoms with Crippen LogP contribution in [-0.4, -0.2) is 37.8 Å². The lowest BCUT2D eigenvalue weighted by Gasteiger charge is -2.29. The van der Waals surface area contributed by atoms with Crippen molar-refractivity contribution in [1.29, 1.82) is 0 Å². The molecule has 0 aliphatic carbocycles. The number of benzene rings is 1. The summed E-state index contributed by atoms with van der Waals surface area (Å²) in [5.74, 6) is -7.52. The largest absolute Gasteiger partial charge is 0.450 e. The lowest BCUT2D eigenvalue weighted by molar-refractivity contribution is -0.247. The highest BCUT2D eigenvalue weighted by Gasteiger charge is 2.83. The fraction of sp³-hybridized carbons (Fsp3) is 0.647. The first-order valence-electron chi connectivity index (χ1n) is 8.83. The van der Waals surface area contributed by atoms with Crippen LogP contribution >= 0.6 is 0 Å². The molecule has 6 nitrogen and oxygen atoms in total. The Kier molecular flexibility index (Phi) is 7.78. The molecule has 31 heavy (non-hydrogen) atoms. The van der Waals surface area contributed by atoms with E-state index < -0.39 is 42.4 Å². The van der Waals surface area contributed by atoms with Crippen LogP contribution < -0.4 is 4.18 Å². The summed E-state index contributed by atoms with van der Waals surface area (Å²) in [4.78, 5) is 0. The van der Waals surface area contributed by atoms with Crippen LogP contribution in [0.2, 0.25) is 0 Å². The molecule has 0 heterocycles. The van der Waals surface area contributed by atoms with E-state index in [1.807, 2.05) is 27.7 Å². The van der Waals surface area contributed by atoms with E-state index in [9.17, 15) is 43.2 Å². The van der Waals surface area contributed by atoms with Gasteiger partial charge in [-0.15, -0.1) is 0 Å². The smallest absolute Gasteiger partial charge is 0.378 e. The van der Waals surface area contributed by atoms with E-state index >= 15 is 0 Å². The maximum Gasteiger partial charge on any atom is 0.450 e. The molecular weight excluding hydrogens is 478 g/mol. The predicted octanol–water partition coefficient (Wildman–Crippen LogP) is 4.89. The molecule has 0 saturated heterocycles. The molecule has 1 unspecified atom stereocenters. The molecule has 1 rings (SSSR count). The van der Waals surface area contributed by atoms with Gasteiger partial charge < -0.3 is 4.18 Å². The Morgan fingerprint density at radius 3 is 1.68 bits per heavy atom. The van der Waals surface area contributed by atoms with E-state index in [1.165, 1.54) is 12.1 Å². The fourth-order valence-corrected chi connectivity index (χ4v) is 4.17. The molecule has 1 N–H and O–H groups in total. The Bertz CT molecular complexity index is 973. The summed E-state index contributed by atoms with van der Waals surface area (Å²) in [6.45, 7) is 7.76. The molecule has 1 aromatic rings. The molecular formula is C17H22F6O6S2. The monoisotopic (exact) mass is 500 g/mol. The van der Waals surface area contributed by atoms with Crippen molar-refractivity contribution >= 4 is 20.2 Å². The van der Waals surface area contributed by atoms with Crippen molar-refractivity contribution in [3.8, 4) is 5.75 Å². The number of hydrogen-bond donors (Lipinski definition) is 1. The van der Waals surface area contributed by atoms with Gasteiger partial charge in [-0.3, -0.25) is 4.55 Å². The summed E-state index contributed by atoms with van der Waals surface area (Å²) in [5, 5.41) is -13.5. The Hall–Kier alpha value is -1.54. The minimum absolute atomic E-state index is 0.00937. The van der Waals surface area contributed by atoms with E-state index in [-0.39, 0.29) is 17.8 Å². The van der Waals surface area contributed by atoms with Gasteiger partial charge >= 0.3 is 36.7 Å². The van der Waals surface area contributed by atoms with Crippen LogP contribution in [0.15, 0.2) is 24.3 Å². The minimum atomic E-state index is -7.09. The third kappa shape index (κ3) is 5.28. The highest BCUT2D eigenvalue weighted by Crippen LogP contribution is 2.51. The van der Waals surface area contributed by atoms with Crippen molar-refractivity contribution in [2.45, 2.75) is 56.5 Å². The van der Waals surface area contributed by atoms with Gasteiger partial charge in [-0.25, -0.2) is 0 Å². The highest BCUT2D eigenvalue weighted by molar-refractivity contribution is 7.88. The molecule has 1 aromatic carbocycles. The van der Waals surface area contributed by atoms with Gasteiger partial charge in [-0.2, -0.15) is 43.2 Å². The molecule has 0 amide bonds. The zero-order valence-corrected chi connectivity index (χ0v) is 18.5. The molecule has 14 heteroatoms. The molecule has 0 radical (unpaired) electrons. The molecule has 0 spiro atoms. The second-order valence-corrected chi connectivity index (χ2v) is 10.7. The van der Waals surface area contributed by atoms with E-state index in [4.69, 9.17) is 4.55 Å². The Morgan fingerprint density at radius 2 is 1.32 bits per heavy atom. The van der Waals surface area contributed by atoms with Gasteiger partial charge in [0.15, 0.2) is 0 Å². The van der Waals surface area contributed by atoms with Crippen LogP contribution in [-0.2, 0) is 20.2 Å². The zero-order valence-electron chi connectivity index (χ0n) is 16.8. The summed E-state index contributed by atoms with van der Waals surface area (Å²) in [7, 11) is -13.9. The van der Waals surface area contributed by atoms with Crippen LogP contribution in [0.4, 0.5) is 26.3 Å². The van der Waals surface area contributed by atoms with Gasteiger partial charge in [0.1, 0.15) is 5.75 Å². The molecule has 0 bridgehead atoms. The number of halogens is 6. The highest BCUT2D eigenvalue weighted by atomic mass is 32.2. The summed E-state index contributed by atoms with van der Waals surface area (Å²) in [6, 6.07) is 4.36. The van der Waals surface area contributed by atoms with E-state index in [0.29, 0.717) is 5.56 Å². The number of hydrogen-bond acceptors (Lipinski definition) is 5. The average molecular weight is 500 g/mol. The van der Waals surface area contributed by atoms with Crippen molar-refractivity contribution in [3.63, 3.8) is 0 Å². The van der Waals surface area contributed by atoms with Crippen molar-refractivity contribution in [1.82, 2.24) is 0 Å². The molecule has 0 fully saturated rings. The van der Waals surface area contributed by atoms with Crippen molar-refractivity contribution in [3.05, 3.63) is 29.8 Å². The van der Waals surface area contributed by atoms with Crippen molar-refractivity contribution in [2.24, 2.45) is 11.8 Å². The molecule has 0 saturated carbocycles. The Labute approximate surface area is 176 Å². The number of rotatable bonds is 10. The van der Waals surface area contributed by atoms with Crippen molar-refractivity contribution < 1.29 is 51.9 Å². The lowest BCUT2D eigenvalue weighted by atomic mass is 9.82. The van der Waals surface area contributed by atoms with Gasteiger partial charge in [-0.05, 0) is 41.9 Å². The quantitative estimate of drug-likeness (QED) is 0.279. The normalized spacial score (nSPS) is 15.4. The van der Waals surface area contributed by atoms with Gasteiger partial charge in [0.05, 0.1) is 0 Å². The van der Waals surface area contributed by atoms with Crippen LogP contribution in [0.1, 0.15) is 45.6 Å². The van der Waals surface area contributed by atoms with E-state index in [1.54, 1.807) is 0 Å². The summed E-state index contributed by atoms with van der Waals surface area (Å²) >= 11 is 0. The SMILES string of the molecule is CC(C)CC(c1ccc(OS(=O)(=O)C(F)(F)C(F)(F)C(F)(F)S(=O)(=O)O)cc1)C(C)C. The first kappa shape index (κ1) is 27.5. The standard InChI is InChI=1S/C17H22F6O6S2/c1-10(2)9-14(11(3)4)12-5-7-13(8-6-12)29-31(27,28)17(22,23)15(18,19)16(20,21)30(24,25)26/h5-8,10-11,14H,9H2,1-4H3,(H,24,25,26). The summed E-state index contributed by atoms with van der Waals surface area (Å²) < 4.78 is 137. The third-order valence-electron chi connectivity index (χ3n) is 4.41. The molecule has 0 aliphatic heterocycles. The Balaban J connectivity index is 3.27. The first-order valence-corrected chi connectivity index (χ1v) is 11.7. The van der Waals surface area contributed by atoms with Gasteiger partial charge in [0.25, 0.3) is 0 Å². The zero-order chi connectivity index (χ0) is 24.6. The second kappa shape index (κ2) is 8.77. The van der Waals surface area contributed by atoms with Crippen LogP contribution in [0.3, 0.4) is 0 Å². The molecule has 0 aromatic heterocycles. The van der Waals surface area contributed by atoms with Crippen molar-refractivity contribution in [2.75, 3.05) is 0 Å². The topological polar surface area (TPSA) is 97.7 Å². The first-order chi connectivity index (χ1) is 13.7. The third-order valence-corrected chi connectivity index (χ3v) is 6.61. The van der Waals surface area contributed by atoms with Gasteiger partial charge in [-0.1, -0.05) is 39.8 Å². The van der Waals surface area contributed by atoms with Crippen LogP contribution in [0, 0.1) is 11.8 Å². The maximum absolute atomic E-state index is 13.8. The average Bonchev–Trinajstić information content (AvgIpc) is 2.58. The summed E-state index contributed by atoms with van der Waals surface area (Å²) in [6.07, 6.45) is 0.727. The fourth-order valence-electron chi connectivity index (χ4n) is 2.74. The molecule has 0 aliphatic rings. The molecule has 180 valence electrons. The summed E-state index contributed by atoms with van der Waals surface area (Å²) in [5.41, 5.74) is 0.670. The minimum Gasteiger partial charge on any atom is -0.378 e. The number of alkyl halides is 6. The van der Waals surface area contributed by atoms with Gasteiger partial charge in [0.2, 0.25) is 0 Å². The second-order valence-electron chi connectivity index (χ2n) is 7.67. The molecule has 1 atom stereocenters. The predicted molar refractivity (Wildman–Crippen MR) is 99.4 cm³/mol.